The van der Waals surface area contributed by atoms with Crippen LogP contribution in [0.2, 0.25) is 0 Å². The summed E-state index contributed by atoms with van der Waals surface area (Å²) in [5.41, 5.74) is 8.59. The molecule has 1 atom stereocenters. The summed E-state index contributed by atoms with van der Waals surface area (Å²) in [4.78, 5) is 14.0. The second-order valence-corrected chi connectivity index (χ2v) is 8.49. The average molecular weight is 504 g/mol. The highest BCUT2D eigenvalue weighted by molar-refractivity contribution is 5.59. The van der Waals surface area contributed by atoms with Gasteiger partial charge in [-0.15, -0.1) is 0 Å². The molecule has 2 aromatic carbocycles. The number of nitrogens with zero attached hydrogens (tertiary/aromatic N) is 2. The van der Waals surface area contributed by atoms with E-state index in [9.17, 15) is 10.1 Å². The molecule has 0 spiro atoms. The van der Waals surface area contributed by atoms with Crippen LogP contribution in [0.15, 0.2) is 58.7 Å². The zero-order valence-electron chi connectivity index (χ0n) is 21.5. The van der Waals surface area contributed by atoms with Gasteiger partial charge >= 0.3 is 0 Å². The smallest absolute Gasteiger partial charge is 0.258 e. The van der Waals surface area contributed by atoms with Crippen LogP contribution in [0.4, 0.5) is 0 Å². The van der Waals surface area contributed by atoms with Crippen LogP contribution in [0.3, 0.4) is 0 Å². The second-order valence-electron chi connectivity index (χ2n) is 8.49. The number of nitriles is 1. The topological polar surface area (TPSA) is 118 Å². The van der Waals surface area contributed by atoms with Crippen molar-refractivity contribution < 1.29 is 23.7 Å². The molecule has 9 nitrogen and oxygen atoms in total. The van der Waals surface area contributed by atoms with Gasteiger partial charge in [0.1, 0.15) is 28.9 Å². The van der Waals surface area contributed by atoms with Crippen LogP contribution in [-0.4, -0.2) is 33.0 Å². The summed E-state index contributed by atoms with van der Waals surface area (Å²) < 4.78 is 29.2. The summed E-state index contributed by atoms with van der Waals surface area (Å²) in [5, 5.41) is 10.00. The van der Waals surface area contributed by atoms with E-state index >= 15 is 0 Å². The van der Waals surface area contributed by atoms with E-state index in [-0.39, 0.29) is 17.0 Å². The van der Waals surface area contributed by atoms with Gasteiger partial charge in [0.2, 0.25) is 5.88 Å². The molecule has 37 heavy (non-hydrogen) atoms. The summed E-state index contributed by atoms with van der Waals surface area (Å²) in [7, 11) is 6.24. The van der Waals surface area contributed by atoms with Gasteiger partial charge in [-0.3, -0.25) is 4.79 Å². The third-order valence-corrected chi connectivity index (χ3v) is 6.51. The highest BCUT2D eigenvalue weighted by Crippen LogP contribution is 2.44. The Balaban J connectivity index is 1.83. The second kappa shape index (κ2) is 10.6. The molecular formula is C28H29N3O6. The van der Waals surface area contributed by atoms with E-state index in [1.165, 1.54) is 7.11 Å². The van der Waals surface area contributed by atoms with E-state index in [1.54, 1.807) is 50.2 Å². The fraction of sp³-hybridized carbons (Fsp3) is 0.286. The van der Waals surface area contributed by atoms with Gasteiger partial charge in [0.15, 0.2) is 11.5 Å². The van der Waals surface area contributed by atoms with Crippen molar-refractivity contribution in [2.24, 2.45) is 5.73 Å². The number of fused-ring (bicyclic) bond motifs is 1. The molecule has 9 heteroatoms. The zero-order valence-corrected chi connectivity index (χ0v) is 21.5. The van der Waals surface area contributed by atoms with E-state index in [0.717, 1.165) is 5.56 Å². The maximum atomic E-state index is 14.0. The van der Waals surface area contributed by atoms with Crippen molar-refractivity contribution in [2.45, 2.75) is 25.8 Å². The number of allylic oxidation sites excluding steroid dienone is 1. The van der Waals surface area contributed by atoms with E-state index in [0.29, 0.717) is 58.5 Å². The van der Waals surface area contributed by atoms with Crippen LogP contribution in [0.1, 0.15) is 28.3 Å². The highest BCUT2D eigenvalue weighted by atomic mass is 16.5. The van der Waals surface area contributed by atoms with Gasteiger partial charge in [0.05, 0.1) is 39.9 Å². The van der Waals surface area contributed by atoms with E-state index in [2.05, 4.69) is 6.07 Å². The predicted molar refractivity (Wildman–Crippen MR) is 138 cm³/mol. The van der Waals surface area contributed by atoms with Crippen LogP contribution < -0.4 is 35.0 Å². The van der Waals surface area contributed by atoms with Crippen molar-refractivity contribution >= 4 is 0 Å². The molecule has 0 saturated carbocycles. The monoisotopic (exact) mass is 503 g/mol. The van der Waals surface area contributed by atoms with Crippen molar-refractivity contribution in [3.05, 3.63) is 86.7 Å². The normalized spacial score (nSPS) is 14.3. The first-order valence-corrected chi connectivity index (χ1v) is 11.6. The number of hydrogen-bond donors (Lipinski definition) is 1. The lowest BCUT2D eigenvalue weighted by Gasteiger charge is -2.28. The van der Waals surface area contributed by atoms with Crippen molar-refractivity contribution in [1.82, 2.24) is 4.57 Å². The Morgan fingerprint density at radius 3 is 2.32 bits per heavy atom. The molecule has 0 saturated heterocycles. The molecule has 0 radical (unpaired) electrons. The van der Waals surface area contributed by atoms with Gasteiger partial charge in [-0.05, 0) is 49.2 Å². The third-order valence-electron chi connectivity index (χ3n) is 6.51. The van der Waals surface area contributed by atoms with Crippen molar-refractivity contribution in [2.75, 3.05) is 28.4 Å². The molecule has 1 aromatic heterocycles. The molecule has 0 bridgehead atoms. The third kappa shape index (κ3) is 4.66. The predicted octanol–water partition coefficient (Wildman–Crippen LogP) is 3.65. The van der Waals surface area contributed by atoms with E-state index < -0.39 is 5.92 Å². The maximum Gasteiger partial charge on any atom is 0.258 e. The van der Waals surface area contributed by atoms with E-state index in [4.69, 9.17) is 29.4 Å². The Kier molecular flexibility index (Phi) is 7.30. The summed E-state index contributed by atoms with van der Waals surface area (Å²) in [6.45, 7) is 2.23. The Bertz CT molecular complexity index is 1470. The fourth-order valence-corrected chi connectivity index (χ4v) is 4.62. The largest absolute Gasteiger partial charge is 0.497 e. The van der Waals surface area contributed by atoms with Gasteiger partial charge < -0.3 is 34.0 Å². The lowest BCUT2D eigenvalue weighted by molar-refractivity contribution is 0.354. The number of hydrogen-bond acceptors (Lipinski definition) is 8. The van der Waals surface area contributed by atoms with Crippen LogP contribution in [0.25, 0.3) is 0 Å². The number of aromatic nitrogens is 1. The Morgan fingerprint density at radius 1 is 0.973 bits per heavy atom. The van der Waals surface area contributed by atoms with Gasteiger partial charge in [-0.25, -0.2) is 0 Å². The molecule has 1 aliphatic heterocycles. The lowest BCUT2D eigenvalue weighted by Crippen LogP contribution is -2.33. The molecule has 0 unspecified atom stereocenters. The van der Waals surface area contributed by atoms with Crippen molar-refractivity contribution in [3.8, 4) is 34.8 Å². The van der Waals surface area contributed by atoms with Crippen LogP contribution in [0.5, 0.6) is 28.7 Å². The number of nitrogens with two attached hydrogens (primary N) is 1. The number of benzene rings is 2. The molecule has 1 aliphatic rings. The van der Waals surface area contributed by atoms with Crippen LogP contribution in [0, 0.1) is 18.3 Å². The number of methoxy groups -OCH3 is 4. The van der Waals surface area contributed by atoms with Gasteiger partial charge in [-0.1, -0.05) is 6.07 Å². The minimum absolute atomic E-state index is 0.0493. The number of pyridine rings is 1. The molecule has 3 aromatic rings. The SMILES string of the molecule is COc1ccc(OC)c([C@@H]2C(C#N)=C(N)Oc3cc(C)n(CCc4ccc(OC)c(OC)c4)c(=O)c32)c1. The molecular weight excluding hydrogens is 474 g/mol. The minimum atomic E-state index is -0.792. The van der Waals surface area contributed by atoms with E-state index in [1.807, 2.05) is 25.1 Å². The molecule has 0 aliphatic carbocycles. The van der Waals surface area contributed by atoms with Crippen molar-refractivity contribution in [1.29, 1.82) is 5.26 Å². The Hall–Kier alpha value is -4.58. The Labute approximate surface area is 215 Å². The van der Waals surface area contributed by atoms with Crippen LogP contribution >= 0.6 is 0 Å². The minimum Gasteiger partial charge on any atom is -0.497 e. The number of rotatable bonds is 8. The van der Waals surface area contributed by atoms with Gasteiger partial charge in [0.25, 0.3) is 5.56 Å². The molecule has 2 N–H and O–H groups in total. The quantitative estimate of drug-likeness (QED) is 0.495. The van der Waals surface area contributed by atoms with Crippen molar-refractivity contribution in [3.63, 3.8) is 0 Å². The number of aryl methyl sites for hydroxylation is 2. The highest BCUT2D eigenvalue weighted by Gasteiger charge is 2.36. The lowest BCUT2D eigenvalue weighted by atomic mass is 9.83. The summed E-state index contributed by atoms with van der Waals surface area (Å²) in [6.07, 6.45) is 0.566. The Morgan fingerprint density at radius 2 is 1.68 bits per heavy atom. The average Bonchev–Trinajstić information content (AvgIpc) is 2.91. The molecule has 192 valence electrons. The first kappa shape index (κ1) is 25.5. The number of ether oxygens (including phenoxy) is 5. The maximum absolute atomic E-state index is 14.0. The molecule has 4 rings (SSSR count). The van der Waals surface area contributed by atoms with Gasteiger partial charge in [0, 0.05) is 23.9 Å². The van der Waals surface area contributed by atoms with Gasteiger partial charge in [-0.2, -0.15) is 5.26 Å². The van der Waals surface area contributed by atoms with Crippen LogP contribution in [-0.2, 0) is 13.0 Å². The summed E-state index contributed by atoms with van der Waals surface area (Å²) in [5.74, 6) is 1.78. The fourth-order valence-electron chi connectivity index (χ4n) is 4.62. The first-order chi connectivity index (χ1) is 17.9. The molecule has 2 heterocycles. The molecule has 0 amide bonds. The first-order valence-electron chi connectivity index (χ1n) is 11.6. The standard InChI is InChI=1S/C28H29N3O6/c1-16-12-24-26(28(32)31(16)11-10-17-6-8-22(35-4)23(13-17)36-5)25(20(15-29)27(30)37-24)19-14-18(33-2)7-9-21(19)34-3/h6-9,12-14,25H,10-11,30H2,1-5H3/t25-/m1/s1. The zero-order chi connectivity index (χ0) is 26.7. The molecule has 0 fully saturated rings. The summed E-state index contributed by atoms with van der Waals surface area (Å²) in [6, 6.07) is 14.8. The summed E-state index contributed by atoms with van der Waals surface area (Å²) >= 11 is 0.